The highest BCUT2D eigenvalue weighted by Crippen LogP contribution is 2.43. The molecule has 12 nitrogen and oxygen atoms in total. The van der Waals surface area contributed by atoms with E-state index in [9.17, 15) is 24.3 Å². The monoisotopic (exact) mass is 803 g/mol. The molecule has 4 aromatic rings. The molecule has 59 heavy (non-hydrogen) atoms. The van der Waals surface area contributed by atoms with Crippen molar-refractivity contribution in [2.24, 2.45) is 5.92 Å². The van der Waals surface area contributed by atoms with Gasteiger partial charge in [-0.15, -0.1) is 0 Å². The van der Waals surface area contributed by atoms with Crippen LogP contribution in [0.1, 0.15) is 87.2 Å². The molecular formula is C47H53N3O9. The summed E-state index contributed by atoms with van der Waals surface area (Å²) in [7, 11) is 0. The number of hydrogen-bond donors (Lipinski definition) is 2. The Bertz CT molecular complexity index is 2100. The summed E-state index contributed by atoms with van der Waals surface area (Å²) in [6.45, 7) is 9.15. The summed E-state index contributed by atoms with van der Waals surface area (Å²) in [4.78, 5) is 55.2. The number of aliphatic hydroxyl groups excluding tert-OH is 1. The van der Waals surface area contributed by atoms with E-state index in [1.165, 1.54) is 4.90 Å². The van der Waals surface area contributed by atoms with Crippen molar-refractivity contribution in [3.8, 4) is 11.1 Å². The largest absolute Gasteiger partial charge is 0.459 e. The Hall–Kier alpha value is -5.40. The molecule has 6 unspecified atom stereocenters. The second-order valence-corrected chi connectivity index (χ2v) is 16.6. The van der Waals surface area contributed by atoms with E-state index in [1.54, 1.807) is 0 Å². The van der Waals surface area contributed by atoms with Crippen molar-refractivity contribution >= 4 is 23.9 Å². The number of rotatable bonds is 12. The van der Waals surface area contributed by atoms with Crippen LogP contribution >= 0.6 is 0 Å². The molecule has 3 fully saturated rings. The van der Waals surface area contributed by atoms with E-state index >= 15 is 0 Å². The summed E-state index contributed by atoms with van der Waals surface area (Å²) in [5, 5.41) is 12.2. The third kappa shape index (κ3) is 10.3. The molecule has 0 aromatic heterocycles. The van der Waals surface area contributed by atoms with E-state index in [0.717, 1.165) is 58.3 Å². The predicted molar refractivity (Wildman–Crippen MR) is 219 cm³/mol. The molecule has 3 saturated heterocycles. The number of imide groups is 1. The topological polar surface area (TPSA) is 144 Å². The van der Waals surface area contributed by atoms with Crippen molar-refractivity contribution in [2.45, 2.75) is 103 Å². The van der Waals surface area contributed by atoms with Gasteiger partial charge in [-0.05, 0) is 79.6 Å². The minimum Gasteiger partial charge on any atom is -0.459 e. The van der Waals surface area contributed by atoms with E-state index < -0.39 is 29.9 Å². The predicted octanol–water partition coefficient (Wildman–Crippen LogP) is 7.00. The first-order chi connectivity index (χ1) is 28.3. The van der Waals surface area contributed by atoms with E-state index in [-0.39, 0.29) is 62.2 Å². The fraction of sp³-hybridized carbons (Fsp3) is 0.404. The normalized spacial score (nSPS) is 23.6. The molecule has 0 saturated carbocycles. The van der Waals surface area contributed by atoms with Gasteiger partial charge in [0, 0.05) is 18.0 Å². The zero-order valence-corrected chi connectivity index (χ0v) is 34.0. The minimum atomic E-state index is -0.991. The first kappa shape index (κ1) is 41.7. The van der Waals surface area contributed by atoms with Crippen LogP contribution in [-0.2, 0) is 53.1 Å². The van der Waals surface area contributed by atoms with Crippen molar-refractivity contribution in [1.29, 1.82) is 0 Å². The molecule has 0 radical (unpaired) electrons. The number of benzene rings is 4. The maximum Gasteiger partial charge on any atom is 0.408 e. The summed E-state index contributed by atoms with van der Waals surface area (Å²) in [6, 6.07) is 31.3. The Balaban J connectivity index is 1.03. The summed E-state index contributed by atoms with van der Waals surface area (Å²) >= 11 is 0. The molecule has 0 aliphatic carbocycles. The van der Waals surface area contributed by atoms with E-state index in [1.807, 2.05) is 124 Å². The highest BCUT2D eigenvalue weighted by molar-refractivity contribution is 6.06. The lowest BCUT2D eigenvalue weighted by molar-refractivity contribution is -0.276. The Labute approximate surface area is 345 Å². The number of alkyl carbamates (subject to hydrolysis) is 1. The smallest absolute Gasteiger partial charge is 0.408 e. The van der Waals surface area contributed by atoms with Crippen LogP contribution < -0.4 is 5.32 Å². The second-order valence-electron chi connectivity index (χ2n) is 16.6. The van der Waals surface area contributed by atoms with Gasteiger partial charge in [-0.25, -0.2) is 4.79 Å². The number of esters is 1. The molecule has 12 heteroatoms. The lowest BCUT2D eigenvalue weighted by Gasteiger charge is -2.43. The van der Waals surface area contributed by atoms with Gasteiger partial charge in [-0.2, -0.15) is 0 Å². The zero-order valence-electron chi connectivity index (χ0n) is 34.0. The molecule has 0 spiro atoms. The highest BCUT2D eigenvalue weighted by Gasteiger charge is 2.43. The van der Waals surface area contributed by atoms with Gasteiger partial charge >= 0.3 is 12.1 Å². The number of carbonyl (C=O) groups excluding carboxylic acids is 4. The van der Waals surface area contributed by atoms with Crippen molar-refractivity contribution in [2.75, 3.05) is 13.1 Å². The maximum absolute atomic E-state index is 13.2. The van der Waals surface area contributed by atoms with Crippen LogP contribution in [0.25, 0.3) is 11.1 Å². The second kappa shape index (κ2) is 18.3. The molecule has 3 aliphatic rings. The van der Waals surface area contributed by atoms with Gasteiger partial charge in [0.15, 0.2) is 6.29 Å². The molecule has 3 amide bonds. The van der Waals surface area contributed by atoms with Crippen LogP contribution in [0.2, 0.25) is 0 Å². The molecule has 310 valence electrons. The molecule has 4 aromatic carbocycles. The summed E-state index contributed by atoms with van der Waals surface area (Å²) in [6.07, 6.45) is -0.522. The first-order valence-electron chi connectivity index (χ1n) is 20.3. The van der Waals surface area contributed by atoms with Crippen LogP contribution in [0, 0.1) is 5.92 Å². The molecule has 6 atom stereocenters. The lowest BCUT2D eigenvalue weighted by Crippen LogP contribution is -2.48. The maximum atomic E-state index is 13.2. The van der Waals surface area contributed by atoms with Crippen LogP contribution in [0.15, 0.2) is 103 Å². The third-order valence-electron chi connectivity index (χ3n) is 11.1. The molecular weight excluding hydrogens is 751 g/mol. The average molecular weight is 804 g/mol. The number of carbonyl (C=O) groups is 4. The number of amides is 3. The Morgan fingerprint density at radius 2 is 1.56 bits per heavy atom. The molecule has 7 rings (SSSR count). The average Bonchev–Trinajstić information content (AvgIpc) is 3.80. The van der Waals surface area contributed by atoms with Crippen molar-refractivity contribution in [3.63, 3.8) is 0 Å². The van der Waals surface area contributed by atoms with E-state index in [0.29, 0.717) is 6.54 Å². The minimum absolute atomic E-state index is 0.0493. The third-order valence-corrected chi connectivity index (χ3v) is 11.1. The van der Waals surface area contributed by atoms with Crippen LogP contribution in [0.5, 0.6) is 0 Å². The molecule has 3 aliphatic heterocycles. The number of nitrogens with zero attached hydrogens (tertiary/aromatic N) is 2. The standard InChI is InChI=1S/C47H53N3O9/c1-30-40(27-49-23-9-14-39(49)44(54)59-47(2,3)4)57-45(58-42(30)35-17-15-31(28-51)16-18-35)36-21-19-34(20-22-36)37-13-8-12-33(24-37)26-50-41(52)25-38(43(50)53)48-46(55)56-29-32-10-6-5-7-11-32/h5-8,10-13,15-22,24,30,38-40,42,45,51H,9,14,23,25-29H2,1-4H3,(H,48,55). The van der Waals surface area contributed by atoms with Crippen molar-refractivity contribution in [1.82, 2.24) is 15.1 Å². The van der Waals surface area contributed by atoms with Crippen LogP contribution in [0.4, 0.5) is 4.79 Å². The van der Waals surface area contributed by atoms with Gasteiger partial charge in [-0.1, -0.05) is 104 Å². The summed E-state index contributed by atoms with van der Waals surface area (Å²) in [5.41, 5.74) is 5.44. The van der Waals surface area contributed by atoms with E-state index in [4.69, 9.17) is 18.9 Å². The molecule has 3 heterocycles. The van der Waals surface area contributed by atoms with Gasteiger partial charge < -0.3 is 29.4 Å². The van der Waals surface area contributed by atoms with Crippen LogP contribution in [0.3, 0.4) is 0 Å². The summed E-state index contributed by atoms with van der Waals surface area (Å²) in [5.74, 6) is -1.11. The van der Waals surface area contributed by atoms with Crippen molar-refractivity contribution < 1.29 is 43.2 Å². The molecule has 0 bridgehead atoms. The Morgan fingerprint density at radius 3 is 2.27 bits per heavy atom. The number of nitrogens with one attached hydrogen (secondary N) is 1. The zero-order chi connectivity index (χ0) is 41.7. The fourth-order valence-electron chi connectivity index (χ4n) is 7.97. The number of ether oxygens (including phenoxy) is 4. The van der Waals surface area contributed by atoms with E-state index in [2.05, 4.69) is 17.1 Å². The van der Waals surface area contributed by atoms with Gasteiger partial charge in [-0.3, -0.25) is 24.2 Å². The van der Waals surface area contributed by atoms with Crippen LogP contribution in [-0.4, -0.2) is 75.7 Å². The first-order valence-corrected chi connectivity index (χ1v) is 20.3. The number of aliphatic hydroxyl groups is 1. The Kier molecular flexibility index (Phi) is 12.9. The lowest BCUT2D eigenvalue weighted by atomic mass is 9.89. The number of likely N-dealkylation sites (tertiary alicyclic amines) is 2. The van der Waals surface area contributed by atoms with Gasteiger partial charge in [0.05, 0.1) is 31.8 Å². The summed E-state index contributed by atoms with van der Waals surface area (Å²) < 4.78 is 24.5. The van der Waals surface area contributed by atoms with Gasteiger partial charge in [0.25, 0.3) is 5.91 Å². The molecule has 2 N–H and O–H groups in total. The van der Waals surface area contributed by atoms with Crippen molar-refractivity contribution in [3.05, 3.63) is 131 Å². The van der Waals surface area contributed by atoms with Gasteiger partial charge in [0.2, 0.25) is 5.91 Å². The quantitative estimate of drug-likeness (QED) is 0.114. The SMILES string of the molecule is CC1C(CN2CCCC2C(=O)OC(C)(C)C)OC(c2ccc(-c3cccc(CN4C(=O)CC(NC(=O)OCc5ccccc5)C4=O)c3)cc2)OC1c1ccc(CO)cc1. The van der Waals surface area contributed by atoms with Gasteiger partial charge in [0.1, 0.15) is 24.3 Å². The highest BCUT2D eigenvalue weighted by atomic mass is 16.7. The number of hydrogen-bond acceptors (Lipinski definition) is 10. The fourth-order valence-corrected chi connectivity index (χ4v) is 7.97. The Morgan fingerprint density at radius 1 is 0.847 bits per heavy atom.